The Morgan fingerprint density at radius 1 is 1.33 bits per heavy atom. The Bertz CT molecular complexity index is 436. The quantitative estimate of drug-likeness (QED) is 0.795. The van der Waals surface area contributed by atoms with Crippen molar-refractivity contribution in [3.05, 3.63) is 33.8 Å². The molecule has 1 aromatic carbocycles. The van der Waals surface area contributed by atoms with Gasteiger partial charge in [-0.1, -0.05) is 25.8 Å². The lowest BCUT2D eigenvalue weighted by Crippen LogP contribution is -2.26. The highest BCUT2D eigenvalue weighted by Gasteiger charge is 2.27. The van der Waals surface area contributed by atoms with Gasteiger partial charge in [0.1, 0.15) is 0 Å². The number of rotatable bonds is 2. The molecule has 3 atom stereocenters. The average Bonchev–Trinajstić information content (AvgIpc) is 2.35. The zero-order chi connectivity index (χ0) is 13.3. The van der Waals surface area contributed by atoms with Crippen molar-refractivity contribution < 1.29 is 8.78 Å². The molecule has 1 aromatic rings. The first-order valence-corrected chi connectivity index (χ1v) is 7.19. The first kappa shape index (κ1) is 13.9. The van der Waals surface area contributed by atoms with E-state index < -0.39 is 11.6 Å². The molecule has 0 bridgehead atoms. The maximum atomic E-state index is 13.5. The molecular weight excluding hydrogens is 300 g/mol. The molecule has 0 heterocycles. The molecule has 1 aliphatic carbocycles. The third kappa shape index (κ3) is 2.75. The Hall–Kier alpha value is -0.480. The molecule has 1 saturated carbocycles. The second kappa shape index (κ2) is 5.66. The topological polar surface area (TPSA) is 26.0 Å². The number of nitrogens with two attached hydrogens (primary N) is 1. The molecule has 0 amide bonds. The lowest BCUT2D eigenvalue weighted by atomic mass is 9.77. The van der Waals surface area contributed by atoms with Crippen LogP contribution >= 0.6 is 15.9 Å². The maximum Gasteiger partial charge on any atom is 0.173 e. The van der Waals surface area contributed by atoms with E-state index >= 15 is 0 Å². The van der Waals surface area contributed by atoms with Gasteiger partial charge in [-0.05, 0) is 52.2 Å². The van der Waals surface area contributed by atoms with Gasteiger partial charge in [0, 0.05) is 6.04 Å². The number of hydrogen-bond acceptors (Lipinski definition) is 1. The lowest BCUT2D eigenvalue weighted by Gasteiger charge is -2.31. The second-order valence-electron chi connectivity index (χ2n) is 5.32. The Morgan fingerprint density at radius 3 is 2.72 bits per heavy atom. The van der Waals surface area contributed by atoms with E-state index in [9.17, 15) is 8.78 Å². The molecule has 1 fully saturated rings. The average molecular weight is 318 g/mol. The van der Waals surface area contributed by atoms with E-state index in [1.54, 1.807) is 6.07 Å². The van der Waals surface area contributed by atoms with Crippen molar-refractivity contribution in [2.45, 2.75) is 38.6 Å². The Morgan fingerprint density at radius 2 is 2.06 bits per heavy atom. The highest BCUT2D eigenvalue weighted by Crippen LogP contribution is 2.38. The molecule has 1 nitrogen and oxygen atoms in total. The van der Waals surface area contributed by atoms with Crippen LogP contribution in [0, 0.1) is 23.5 Å². The fourth-order valence-electron chi connectivity index (χ4n) is 2.86. The molecule has 18 heavy (non-hydrogen) atoms. The fourth-order valence-corrected chi connectivity index (χ4v) is 3.45. The molecule has 100 valence electrons. The summed E-state index contributed by atoms with van der Waals surface area (Å²) in [5, 5.41) is 0. The van der Waals surface area contributed by atoms with Crippen LogP contribution < -0.4 is 5.73 Å². The Labute approximate surface area is 115 Å². The summed E-state index contributed by atoms with van der Waals surface area (Å²) in [6, 6.07) is 2.52. The Kier molecular flexibility index (Phi) is 4.38. The summed E-state index contributed by atoms with van der Waals surface area (Å²) < 4.78 is 26.8. The van der Waals surface area contributed by atoms with E-state index in [-0.39, 0.29) is 10.5 Å². The number of benzene rings is 1. The van der Waals surface area contributed by atoms with Crippen LogP contribution in [0.25, 0.3) is 0 Å². The summed E-state index contributed by atoms with van der Waals surface area (Å²) in [6.45, 7) is 2.22. The third-order valence-electron chi connectivity index (χ3n) is 3.91. The van der Waals surface area contributed by atoms with Crippen molar-refractivity contribution in [3.8, 4) is 0 Å². The van der Waals surface area contributed by atoms with Crippen LogP contribution in [-0.2, 0) is 0 Å². The van der Waals surface area contributed by atoms with Gasteiger partial charge in [0.15, 0.2) is 11.6 Å². The number of hydrogen-bond donors (Lipinski definition) is 1. The molecule has 2 rings (SSSR count). The molecule has 0 radical (unpaired) electrons. The third-order valence-corrected chi connectivity index (χ3v) is 4.71. The summed E-state index contributed by atoms with van der Waals surface area (Å²) in [4.78, 5) is 0. The first-order chi connectivity index (χ1) is 8.50. The van der Waals surface area contributed by atoms with E-state index in [0.717, 1.165) is 18.9 Å². The van der Waals surface area contributed by atoms with Crippen LogP contribution in [0.15, 0.2) is 16.6 Å². The SMILES string of the molecule is CC1CCCC(C(N)c2ccc(F)c(F)c2Br)C1. The molecular formula is C14H18BrF2N. The van der Waals surface area contributed by atoms with Crippen molar-refractivity contribution in [2.24, 2.45) is 17.6 Å². The zero-order valence-corrected chi connectivity index (χ0v) is 12.0. The van der Waals surface area contributed by atoms with Gasteiger partial charge in [-0.3, -0.25) is 0 Å². The van der Waals surface area contributed by atoms with E-state index in [1.165, 1.54) is 12.8 Å². The monoisotopic (exact) mass is 317 g/mol. The van der Waals surface area contributed by atoms with Crippen LogP contribution in [0.5, 0.6) is 0 Å². The smallest absolute Gasteiger partial charge is 0.173 e. The van der Waals surface area contributed by atoms with Crippen LogP contribution in [0.1, 0.15) is 44.2 Å². The minimum Gasteiger partial charge on any atom is -0.324 e. The lowest BCUT2D eigenvalue weighted by molar-refractivity contribution is 0.247. The van der Waals surface area contributed by atoms with Crippen molar-refractivity contribution in [1.82, 2.24) is 0 Å². The normalized spacial score (nSPS) is 26.1. The van der Waals surface area contributed by atoms with Gasteiger partial charge in [-0.2, -0.15) is 0 Å². The molecule has 4 heteroatoms. The molecule has 1 aliphatic rings. The first-order valence-electron chi connectivity index (χ1n) is 6.39. The number of halogens is 3. The van der Waals surface area contributed by atoms with Crippen molar-refractivity contribution in [2.75, 3.05) is 0 Å². The van der Waals surface area contributed by atoms with Gasteiger partial charge in [0.05, 0.1) is 4.47 Å². The summed E-state index contributed by atoms with van der Waals surface area (Å²) in [6.07, 6.45) is 4.53. The largest absolute Gasteiger partial charge is 0.324 e. The minimum atomic E-state index is -0.841. The molecule has 0 spiro atoms. The van der Waals surface area contributed by atoms with E-state index in [0.29, 0.717) is 17.4 Å². The molecule has 3 unspecified atom stereocenters. The summed E-state index contributed by atoms with van der Waals surface area (Å²) in [7, 11) is 0. The van der Waals surface area contributed by atoms with Crippen LogP contribution in [0.4, 0.5) is 8.78 Å². The van der Waals surface area contributed by atoms with Crippen LogP contribution in [0.2, 0.25) is 0 Å². The van der Waals surface area contributed by atoms with E-state index in [4.69, 9.17) is 5.73 Å². The van der Waals surface area contributed by atoms with E-state index in [2.05, 4.69) is 22.9 Å². The fraction of sp³-hybridized carbons (Fsp3) is 0.571. The standard InChI is InChI=1S/C14H18BrF2N/c1-8-3-2-4-9(7-8)14(18)10-5-6-11(16)13(17)12(10)15/h5-6,8-9,14H,2-4,7,18H2,1H3. The summed E-state index contributed by atoms with van der Waals surface area (Å²) in [5.74, 6) is -0.657. The zero-order valence-electron chi connectivity index (χ0n) is 10.4. The predicted octanol–water partition coefficient (Wildman–Crippen LogP) is 4.55. The van der Waals surface area contributed by atoms with Crippen molar-refractivity contribution in [3.63, 3.8) is 0 Å². The van der Waals surface area contributed by atoms with Gasteiger partial charge in [-0.25, -0.2) is 8.78 Å². The Balaban J connectivity index is 2.23. The van der Waals surface area contributed by atoms with Gasteiger partial charge >= 0.3 is 0 Å². The van der Waals surface area contributed by atoms with Crippen molar-refractivity contribution >= 4 is 15.9 Å². The minimum absolute atomic E-state index is 0.174. The molecule has 0 aliphatic heterocycles. The summed E-state index contributed by atoms with van der Waals surface area (Å²) >= 11 is 3.12. The molecule has 2 N–H and O–H groups in total. The van der Waals surface area contributed by atoms with Crippen molar-refractivity contribution in [1.29, 1.82) is 0 Å². The highest BCUT2D eigenvalue weighted by molar-refractivity contribution is 9.10. The molecule has 0 saturated heterocycles. The summed E-state index contributed by atoms with van der Waals surface area (Å²) in [5.41, 5.74) is 6.91. The van der Waals surface area contributed by atoms with Crippen LogP contribution in [0.3, 0.4) is 0 Å². The maximum absolute atomic E-state index is 13.5. The van der Waals surface area contributed by atoms with Gasteiger partial charge < -0.3 is 5.73 Å². The van der Waals surface area contributed by atoms with Gasteiger partial charge in [0.2, 0.25) is 0 Å². The second-order valence-corrected chi connectivity index (χ2v) is 6.12. The van der Waals surface area contributed by atoms with E-state index in [1.807, 2.05) is 0 Å². The van der Waals surface area contributed by atoms with Gasteiger partial charge in [-0.15, -0.1) is 0 Å². The molecule has 0 aromatic heterocycles. The highest BCUT2D eigenvalue weighted by atomic mass is 79.9. The predicted molar refractivity (Wildman–Crippen MR) is 72.1 cm³/mol. The van der Waals surface area contributed by atoms with Crippen LogP contribution in [-0.4, -0.2) is 0 Å². The van der Waals surface area contributed by atoms with Gasteiger partial charge in [0.25, 0.3) is 0 Å².